The highest BCUT2D eigenvalue weighted by molar-refractivity contribution is 14.1. The number of rotatable bonds is 5. The summed E-state index contributed by atoms with van der Waals surface area (Å²) < 4.78 is 1.14. The minimum atomic E-state index is 0.563. The van der Waals surface area contributed by atoms with Crippen molar-refractivity contribution in [2.24, 2.45) is 5.92 Å². The van der Waals surface area contributed by atoms with Gasteiger partial charge in [0.05, 0.1) is 5.52 Å². The molecule has 0 fully saturated rings. The molecular formula is C16H21IN2. The number of nitrogens with zero attached hydrogens (tertiary/aromatic N) is 1. The molecule has 19 heavy (non-hydrogen) atoms. The van der Waals surface area contributed by atoms with Gasteiger partial charge in [0.15, 0.2) is 0 Å². The van der Waals surface area contributed by atoms with Gasteiger partial charge in [0.25, 0.3) is 0 Å². The van der Waals surface area contributed by atoms with Crippen molar-refractivity contribution in [1.29, 1.82) is 0 Å². The SMILES string of the molecule is Cc1cc(CNC(CI)C(C)C)c2ccccc2n1. The number of benzene rings is 1. The third-order valence-corrected chi connectivity index (χ3v) is 4.40. The maximum atomic E-state index is 4.59. The summed E-state index contributed by atoms with van der Waals surface area (Å²) in [6, 6.07) is 11.1. The van der Waals surface area contributed by atoms with E-state index in [9.17, 15) is 0 Å². The summed E-state index contributed by atoms with van der Waals surface area (Å²) in [5.74, 6) is 0.658. The summed E-state index contributed by atoms with van der Waals surface area (Å²) in [6.45, 7) is 7.52. The van der Waals surface area contributed by atoms with Crippen LogP contribution in [0.15, 0.2) is 30.3 Å². The molecule has 1 N–H and O–H groups in total. The first-order chi connectivity index (χ1) is 9.11. The summed E-state index contributed by atoms with van der Waals surface area (Å²) >= 11 is 2.46. The Hall–Kier alpha value is -0.680. The standard InChI is InChI=1S/C16H21IN2/c1-11(2)16(9-17)18-10-13-8-12(3)19-15-7-5-4-6-14(13)15/h4-8,11,16,18H,9-10H2,1-3H3. The third-order valence-electron chi connectivity index (χ3n) is 3.46. The molecule has 0 aliphatic rings. The number of para-hydroxylation sites is 1. The summed E-state index contributed by atoms with van der Waals surface area (Å²) in [7, 11) is 0. The quantitative estimate of drug-likeness (QED) is 0.635. The van der Waals surface area contributed by atoms with Crippen LogP contribution in [0.3, 0.4) is 0 Å². The Balaban J connectivity index is 2.25. The van der Waals surface area contributed by atoms with Gasteiger partial charge in [0.1, 0.15) is 0 Å². The van der Waals surface area contributed by atoms with E-state index in [4.69, 9.17) is 0 Å². The lowest BCUT2D eigenvalue weighted by Gasteiger charge is -2.20. The third kappa shape index (κ3) is 3.66. The molecule has 0 aliphatic carbocycles. The summed E-state index contributed by atoms with van der Waals surface area (Å²) in [6.07, 6.45) is 0. The lowest BCUT2D eigenvalue weighted by Crippen LogP contribution is -2.34. The average Bonchev–Trinajstić information content (AvgIpc) is 2.38. The second kappa shape index (κ2) is 6.66. The van der Waals surface area contributed by atoms with E-state index in [2.05, 4.69) is 77.9 Å². The van der Waals surface area contributed by atoms with E-state index in [1.165, 1.54) is 10.9 Å². The Labute approximate surface area is 129 Å². The van der Waals surface area contributed by atoms with Crippen LogP contribution in [0.25, 0.3) is 10.9 Å². The van der Waals surface area contributed by atoms with E-state index in [0.717, 1.165) is 22.2 Å². The van der Waals surface area contributed by atoms with Gasteiger partial charge in [-0.05, 0) is 30.5 Å². The number of hydrogen-bond acceptors (Lipinski definition) is 2. The van der Waals surface area contributed by atoms with E-state index in [1.807, 2.05) is 6.07 Å². The number of hydrogen-bond donors (Lipinski definition) is 1. The van der Waals surface area contributed by atoms with Gasteiger partial charge in [-0.2, -0.15) is 0 Å². The molecule has 0 amide bonds. The molecule has 2 nitrogen and oxygen atoms in total. The molecule has 102 valence electrons. The normalized spacial score (nSPS) is 13.1. The first-order valence-corrected chi connectivity index (χ1v) is 8.29. The predicted octanol–water partition coefficient (Wildman–Crippen LogP) is 4.09. The fourth-order valence-electron chi connectivity index (χ4n) is 2.25. The average molecular weight is 368 g/mol. The van der Waals surface area contributed by atoms with Gasteiger partial charge in [0, 0.05) is 28.1 Å². The molecule has 1 heterocycles. The fraction of sp³-hybridized carbons (Fsp3) is 0.438. The predicted molar refractivity (Wildman–Crippen MR) is 90.8 cm³/mol. The first-order valence-electron chi connectivity index (χ1n) is 6.76. The Kier molecular flexibility index (Phi) is 5.16. The maximum absolute atomic E-state index is 4.59. The highest BCUT2D eigenvalue weighted by Gasteiger charge is 2.12. The number of fused-ring (bicyclic) bond motifs is 1. The van der Waals surface area contributed by atoms with Crippen molar-refractivity contribution in [1.82, 2.24) is 10.3 Å². The summed E-state index contributed by atoms with van der Waals surface area (Å²) in [4.78, 5) is 4.59. The van der Waals surface area contributed by atoms with Crippen molar-refractivity contribution < 1.29 is 0 Å². The van der Waals surface area contributed by atoms with Gasteiger partial charge < -0.3 is 5.32 Å². The highest BCUT2D eigenvalue weighted by Crippen LogP contribution is 2.18. The Morgan fingerprint density at radius 1 is 1.26 bits per heavy atom. The Morgan fingerprint density at radius 2 is 2.00 bits per heavy atom. The van der Waals surface area contributed by atoms with Crippen LogP contribution in [0, 0.1) is 12.8 Å². The number of halogens is 1. The van der Waals surface area contributed by atoms with E-state index in [1.54, 1.807) is 0 Å². The van der Waals surface area contributed by atoms with Crippen molar-refractivity contribution in [2.75, 3.05) is 4.43 Å². The summed E-state index contributed by atoms with van der Waals surface area (Å²) in [5.41, 5.74) is 3.53. The molecule has 2 rings (SSSR count). The van der Waals surface area contributed by atoms with Crippen molar-refractivity contribution in [3.05, 3.63) is 41.6 Å². The van der Waals surface area contributed by atoms with E-state index < -0.39 is 0 Å². The molecule has 1 aromatic heterocycles. The molecule has 0 spiro atoms. The Morgan fingerprint density at radius 3 is 2.68 bits per heavy atom. The fourth-order valence-corrected chi connectivity index (χ4v) is 3.58. The number of pyridine rings is 1. The second-order valence-corrected chi connectivity index (χ2v) is 6.21. The molecule has 0 saturated heterocycles. The molecule has 2 aromatic rings. The lowest BCUT2D eigenvalue weighted by molar-refractivity contribution is 0.437. The minimum Gasteiger partial charge on any atom is -0.309 e. The number of aryl methyl sites for hydroxylation is 1. The van der Waals surface area contributed by atoms with Crippen LogP contribution in [0.1, 0.15) is 25.1 Å². The van der Waals surface area contributed by atoms with Crippen molar-refractivity contribution in [3.63, 3.8) is 0 Å². The lowest BCUT2D eigenvalue weighted by atomic mass is 10.0. The largest absolute Gasteiger partial charge is 0.309 e. The maximum Gasteiger partial charge on any atom is 0.0708 e. The zero-order valence-electron chi connectivity index (χ0n) is 11.8. The topological polar surface area (TPSA) is 24.9 Å². The van der Waals surface area contributed by atoms with Crippen LogP contribution in [-0.4, -0.2) is 15.5 Å². The van der Waals surface area contributed by atoms with Crippen LogP contribution in [0.2, 0.25) is 0 Å². The van der Waals surface area contributed by atoms with Crippen LogP contribution in [0.5, 0.6) is 0 Å². The first kappa shape index (κ1) is 14.7. The molecule has 0 saturated carbocycles. The van der Waals surface area contributed by atoms with Crippen molar-refractivity contribution in [2.45, 2.75) is 33.4 Å². The zero-order valence-corrected chi connectivity index (χ0v) is 13.9. The van der Waals surface area contributed by atoms with E-state index >= 15 is 0 Å². The van der Waals surface area contributed by atoms with Gasteiger partial charge in [-0.3, -0.25) is 4.98 Å². The van der Waals surface area contributed by atoms with Crippen molar-refractivity contribution >= 4 is 33.5 Å². The molecular weight excluding hydrogens is 347 g/mol. The molecule has 1 unspecified atom stereocenters. The van der Waals surface area contributed by atoms with Crippen LogP contribution in [0.4, 0.5) is 0 Å². The van der Waals surface area contributed by atoms with Crippen LogP contribution >= 0.6 is 22.6 Å². The monoisotopic (exact) mass is 368 g/mol. The van der Waals surface area contributed by atoms with E-state index in [-0.39, 0.29) is 0 Å². The highest BCUT2D eigenvalue weighted by atomic mass is 127. The molecule has 0 aliphatic heterocycles. The van der Waals surface area contributed by atoms with Gasteiger partial charge in [0.2, 0.25) is 0 Å². The molecule has 0 radical (unpaired) electrons. The zero-order chi connectivity index (χ0) is 13.8. The molecule has 3 heteroatoms. The molecule has 1 aromatic carbocycles. The van der Waals surface area contributed by atoms with E-state index in [0.29, 0.717) is 12.0 Å². The number of alkyl halides is 1. The molecule has 1 atom stereocenters. The minimum absolute atomic E-state index is 0.563. The number of aromatic nitrogens is 1. The van der Waals surface area contributed by atoms with Gasteiger partial charge in [-0.25, -0.2) is 0 Å². The smallest absolute Gasteiger partial charge is 0.0708 e. The van der Waals surface area contributed by atoms with Crippen molar-refractivity contribution in [3.8, 4) is 0 Å². The van der Waals surface area contributed by atoms with Crippen LogP contribution < -0.4 is 5.32 Å². The Bertz CT molecular complexity index is 551. The molecule has 0 bridgehead atoms. The number of nitrogens with one attached hydrogen (secondary N) is 1. The van der Waals surface area contributed by atoms with Gasteiger partial charge in [-0.15, -0.1) is 0 Å². The van der Waals surface area contributed by atoms with Crippen LogP contribution in [-0.2, 0) is 6.54 Å². The van der Waals surface area contributed by atoms with Gasteiger partial charge in [-0.1, -0.05) is 54.6 Å². The van der Waals surface area contributed by atoms with Gasteiger partial charge >= 0.3 is 0 Å². The second-order valence-electron chi connectivity index (χ2n) is 5.33. The summed E-state index contributed by atoms with van der Waals surface area (Å²) in [5, 5.41) is 4.93.